The lowest BCUT2D eigenvalue weighted by atomic mass is 9.93. The second-order valence-electron chi connectivity index (χ2n) is 9.16. The van der Waals surface area contributed by atoms with E-state index in [2.05, 4.69) is 146 Å². The molecule has 0 N–H and O–H groups in total. The molecule has 2 heteroatoms. The van der Waals surface area contributed by atoms with Crippen LogP contribution in [0.3, 0.4) is 0 Å². The molecule has 0 aliphatic heterocycles. The van der Waals surface area contributed by atoms with Gasteiger partial charge in [0, 0.05) is 20.2 Å². The van der Waals surface area contributed by atoms with Crippen LogP contribution in [0.1, 0.15) is 0 Å². The van der Waals surface area contributed by atoms with E-state index in [4.69, 9.17) is 12.6 Å². The maximum atomic E-state index is 4.84. The van der Waals surface area contributed by atoms with Gasteiger partial charge in [-0.05, 0) is 69.3 Å². The van der Waals surface area contributed by atoms with Crippen molar-refractivity contribution in [2.24, 2.45) is 0 Å². The maximum Gasteiger partial charge on any atom is 0.0125 e. The molecule has 0 saturated heterocycles. The minimum absolute atomic E-state index is 0.979. The molecule has 0 nitrogen and oxygen atoms in total. The lowest BCUT2D eigenvalue weighted by Crippen LogP contribution is -1.88. The van der Waals surface area contributed by atoms with Gasteiger partial charge < -0.3 is 0 Å². The van der Waals surface area contributed by atoms with Crippen molar-refractivity contribution in [1.82, 2.24) is 0 Å². The topological polar surface area (TPSA) is 0 Å². The zero-order chi connectivity index (χ0) is 25.7. The Balaban J connectivity index is 1.24. The number of rotatable bonds is 6. The molecule has 0 aromatic heterocycles. The van der Waals surface area contributed by atoms with Gasteiger partial charge in [-0.1, -0.05) is 133 Å². The third-order valence-corrected chi connectivity index (χ3v) is 8.07. The predicted molar refractivity (Wildman–Crippen MR) is 166 cm³/mol. The molecule has 0 saturated carbocycles. The minimum Gasteiger partial charge on any atom is -0.143 e. The van der Waals surface area contributed by atoms with Gasteiger partial charge in [0.15, 0.2) is 0 Å². The zero-order valence-corrected chi connectivity index (χ0v) is 22.5. The Morgan fingerprint density at radius 1 is 0.342 bits per heavy atom. The van der Waals surface area contributed by atoms with Gasteiger partial charge in [0.05, 0.1) is 0 Å². The molecule has 0 amide bonds. The number of benzene rings is 6. The molecule has 0 aliphatic carbocycles. The summed E-state index contributed by atoms with van der Waals surface area (Å²) in [6.07, 6.45) is 0. The molecule has 0 aliphatic rings. The van der Waals surface area contributed by atoms with E-state index >= 15 is 0 Å². The van der Waals surface area contributed by atoms with Gasteiger partial charge in [-0.25, -0.2) is 0 Å². The summed E-state index contributed by atoms with van der Waals surface area (Å²) >= 11 is 6.63. The van der Waals surface area contributed by atoms with Crippen molar-refractivity contribution in [2.45, 2.75) is 14.7 Å². The highest BCUT2D eigenvalue weighted by Crippen LogP contribution is 2.39. The van der Waals surface area contributed by atoms with Crippen molar-refractivity contribution in [2.75, 3.05) is 0 Å². The Kier molecular flexibility index (Phi) is 7.17. The summed E-state index contributed by atoms with van der Waals surface area (Å²) in [5.41, 5.74) is 9.62. The van der Waals surface area contributed by atoms with Crippen LogP contribution >= 0.6 is 24.4 Å². The van der Waals surface area contributed by atoms with Crippen LogP contribution in [-0.4, -0.2) is 0 Å². The Bertz CT molecular complexity index is 1640. The van der Waals surface area contributed by atoms with Gasteiger partial charge in [-0.15, -0.1) is 12.6 Å². The molecule has 0 bridgehead atoms. The number of thiol groups is 1. The van der Waals surface area contributed by atoms with Gasteiger partial charge in [0.2, 0.25) is 0 Å². The van der Waals surface area contributed by atoms with Crippen LogP contribution in [0.4, 0.5) is 0 Å². The highest BCUT2D eigenvalue weighted by Gasteiger charge is 2.12. The standard InChI is InChI=1S/C36H26S2/c37-35-13-7-12-34(36(35)31-16-14-28(15-17-31)26-8-3-1-4-9-26)30-20-24-33(25-21-30)38-32-22-18-29(19-23-32)27-10-5-2-6-11-27/h1-25,37H. The predicted octanol–water partition coefficient (Wildman–Crippen LogP) is 10.8. The highest BCUT2D eigenvalue weighted by molar-refractivity contribution is 7.99. The first-order valence-electron chi connectivity index (χ1n) is 12.7. The Hall–Kier alpha value is -3.98. The highest BCUT2D eigenvalue weighted by atomic mass is 32.2. The number of hydrogen-bond acceptors (Lipinski definition) is 2. The summed E-state index contributed by atoms with van der Waals surface area (Å²) in [7, 11) is 0. The van der Waals surface area contributed by atoms with Gasteiger partial charge in [-0.3, -0.25) is 0 Å². The zero-order valence-electron chi connectivity index (χ0n) is 20.8. The Morgan fingerprint density at radius 3 is 1.29 bits per heavy atom. The van der Waals surface area contributed by atoms with Crippen molar-refractivity contribution in [1.29, 1.82) is 0 Å². The molecule has 0 radical (unpaired) electrons. The first-order chi connectivity index (χ1) is 18.7. The molecule has 182 valence electrons. The van der Waals surface area contributed by atoms with E-state index in [1.54, 1.807) is 11.8 Å². The molecule has 0 spiro atoms. The smallest absolute Gasteiger partial charge is 0.0125 e. The van der Waals surface area contributed by atoms with Gasteiger partial charge in [-0.2, -0.15) is 0 Å². The van der Waals surface area contributed by atoms with E-state index in [9.17, 15) is 0 Å². The quantitative estimate of drug-likeness (QED) is 0.212. The SMILES string of the molecule is Sc1cccc(-c2ccc(Sc3ccc(-c4ccccc4)cc3)cc2)c1-c1ccc(-c2ccccc2)cc1. The molecule has 0 atom stereocenters. The fourth-order valence-electron chi connectivity index (χ4n) is 4.73. The van der Waals surface area contributed by atoms with Crippen LogP contribution in [0.2, 0.25) is 0 Å². The van der Waals surface area contributed by atoms with E-state index in [0.29, 0.717) is 0 Å². The normalized spacial score (nSPS) is 10.9. The van der Waals surface area contributed by atoms with Crippen LogP contribution < -0.4 is 0 Å². The van der Waals surface area contributed by atoms with Crippen molar-refractivity contribution in [3.05, 3.63) is 152 Å². The average molecular weight is 523 g/mol. The second kappa shape index (κ2) is 11.2. The van der Waals surface area contributed by atoms with E-state index in [1.807, 2.05) is 6.07 Å². The first kappa shape index (κ1) is 24.4. The number of hydrogen-bond donors (Lipinski definition) is 1. The minimum atomic E-state index is 0.979. The summed E-state index contributed by atoms with van der Waals surface area (Å²) in [6.45, 7) is 0. The van der Waals surface area contributed by atoms with E-state index < -0.39 is 0 Å². The van der Waals surface area contributed by atoms with Gasteiger partial charge >= 0.3 is 0 Å². The lowest BCUT2D eigenvalue weighted by molar-refractivity contribution is 1.39. The van der Waals surface area contributed by atoms with Crippen molar-refractivity contribution in [3.63, 3.8) is 0 Å². The van der Waals surface area contributed by atoms with Crippen molar-refractivity contribution >= 4 is 24.4 Å². The monoisotopic (exact) mass is 522 g/mol. The van der Waals surface area contributed by atoms with Crippen LogP contribution in [0.15, 0.2) is 166 Å². The van der Waals surface area contributed by atoms with Gasteiger partial charge in [0.25, 0.3) is 0 Å². The van der Waals surface area contributed by atoms with E-state index in [1.165, 1.54) is 48.7 Å². The van der Waals surface area contributed by atoms with Crippen LogP contribution in [-0.2, 0) is 0 Å². The fraction of sp³-hybridized carbons (Fsp3) is 0. The molecular weight excluding hydrogens is 497 g/mol. The fourth-order valence-corrected chi connectivity index (χ4v) is 5.88. The molecule has 38 heavy (non-hydrogen) atoms. The van der Waals surface area contributed by atoms with Gasteiger partial charge in [0.1, 0.15) is 0 Å². The molecule has 6 aromatic rings. The molecular formula is C36H26S2. The summed E-state index contributed by atoms with van der Waals surface area (Å²) in [5.74, 6) is 0. The summed E-state index contributed by atoms with van der Waals surface area (Å²) < 4.78 is 0. The third kappa shape index (κ3) is 5.33. The van der Waals surface area contributed by atoms with Crippen molar-refractivity contribution in [3.8, 4) is 44.5 Å². The molecule has 6 rings (SSSR count). The third-order valence-electron chi connectivity index (χ3n) is 6.69. The molecule has 0 heterocycles. The Labute approximate surface area is 234 Å². The maximum absolute atomic E-state index is 4.84. The van der Waals surface area contributed by atoms with E-state index in [0.717, 1.165) is 10.5 Å². The van der Waals surface area contributed by atoms with Crippen LogP contribution in [0.5, 0.6) is 0 Å². The van der Waals surface area contributed by atoms with Crippen molar-refractivity contribution < 1.29 is 0 Å². The summed E-state index contributed by atoms with van der Waals surface area (Å²) in [5, 5.41) is 0. The average Bonchev–Trinajstić information content (AvgIpc) is 2.99. The summed E-state index contributed by atoms with van der Waals surface area (Å²) in [6, 6.07) is 53.7. The van der Waals surface area contributed by atoms with Crippen LogP contribution in [0.25, 0.3) is 44.5 Å². The molecule has 6 aromatic carbocycles. The Morgan fingerprint density at radius 2 is 0.763 bits per heavy atom. The molecule has 0 unspecified atom stereocenters. The first-order valence-corrected chi connectivity index (χ1v) is 13.9. The van der Waals surface area contributed by atoms with Crippen LogP contribution in [0, 0.1) is 0 Å². The largest absolute Gasteiger partial charge is 0.143 e. The van der Waals surface area contributed by atoms with E-state index in [-0.39, 0.29) is 0 Å². The second-order valence-corrected chi connectivity index (χ2v) is 10.8. The lowest BCUT2D eigenvalue weighted by Gasteiger charge is -2.14. The summed E-state index contributed by atoms with van der Waals surface area (Å²) in [4.78, 5) is 3.43. The molecule has 0 fully saturated rings.